The summed E-state index contributed by atoms with van der Waals surface area (Å²) in [6, 6.07) is 9.34. The summed E-state index contributed by atoms with van der Waals surface area (Å²) in [5.74, 6) is -0.405. The SMILES string of the molecule is C=CCOOC(=O)Cc1ccccc1. The van der Waals surface area contributed by atoms with Crippen molar-refractivity contribution >= 4 is 5.97 Å². The van der Waals surface area contributed by atoms with Crippen LogP contribution in [0, 0.1) is 0 Å². The van der Waals surface area contributed by atoms with E-state index in [1.807, 2.05) is 30.3 Å². The monoisotopic (exact) mass is 192 g/mol. The third kappa shape index (κ3) is 3.87. The Bertz CT molecular complexity index is 293. The normalized spacial score (nSPS) is 9.43. The molecule has 0 aliphatic rings. The molecule has 0 atom stereocenters. The van der Waals surface area contributed by atoms with Crippen LogP contribution in [0.25, 0.3) is 0 Å². The summed E-state index contributed by atoms with van der Waals surface area (Å²) in [4.78, 5) is 20.1. The van der Waals surface area contributed by atoms with E-state index in [4.69, 9.17) is 0 Å². The molecule has 0 N–H and O–H groups in total. The zero-order chi connectivity index (χ0) is 10.2. The molecule has 1 aromatic rings. The van der Waals surface area contributed by atoms with E-state index in [2.05, 4.69) is 16.4 Å². The van der Waals surface area contributed by atoms with E-state index < -0.39 is 5.97 Å². The van der Waals surface area contributed by atoms with Crippen LogP contribution in [0.4, 0.5) is 0 Å². The van der Waals surface area contributed by atoms with E-state index in [0.717, 1.165) is 5.56 Å². The lowest BCUT2D eigenvalue weighted by molar-refractivity contribution is -0.264. The van der Waals surface area contributed by atoms with Gasteiger partial charge in [0.05, 0.1) is 6.42 Å². The Morgan fingerprint density at radius 3 is 2.71 bits per heavy atom. The molecule has 1 rings (SSSR count). The van der Waals surface area contributed by atoms with Crippen LogP contribution in [-0.2, 0) is 21.0 Å². The molecule has 0 bridgehead atoms. The summed E-state index contributed by atoms with van der Waals surface area (Å²) >= 11 is 0. The highest BCUT2D eigenvalue weighted by Crippen LogP contribution is 2.00. The molecule has 3 nitrogen and oxygen atoms in total. The second-order valence-corrected chi connectivity index (χ2v) is 2.69. The molecule has 1 aromatic carbocycles. The number of hydrogen-bond donors (Lipinski definition) is 0. The first-order chi connectivity index (χ1) is 6.83. The van der Waals surface area contributed by atoms with Crippen LogP contribution in [0.15, 0.2) is 43.0 Å². The predicted octanol–water partition coefficient (Wildman–Crippen LogP) is 1.89. The van der Waals surface area contributed by atoms with E-state index in [-0.39, 0.29) is 13.0 Å². The molecule has 0 aliphatic heterocycles. The molecule has 0 saturated heterocycles. The first-order valence-electron chi connectivity index (χ1n) is 4.30. The van der Waals surface area contributed by atoms with Crippen molar-refractivity contribution < 1.29 is 14.6 Å². The molecule has 0 saturated carbocycles. The minimum absolute atomic E-state index is 0.209. The summed E-state index contributed by atoms with van der Waals surface area (Å²) in [5.41, 5.74) is 0.903. The minimum atomic E-state index is -0.405. The second kappa shape index (κ2) is 5.94. The third-order valence-electron chi connectivity index (χ3n) is 1.53. The van der Waals surface area contributed by atoms with Crippen molar-refractivity contribution in [3.05, 3.63) is 48.6 Å². The summed E-state index contributed by atoms with van der Waals surface area (Å²) in [6.07, 6.45) is 1.73. The summed E-state index contributed by atoms with van der Waals surface area (Å²) in [7, 11) is 0. The Morgan fingerprint density at radius 1 is 1.36 bits per heavy atom. The average Bonchev–Trinajstić information content (AvgIpc) is 2.20. The van der Waals surface area contributed by atoms with Gasteiger partial charge in [-0.2, -0.15) is 4.89 Å². The number of benzene rings is 1. The molecule has 0 aromatic heterocycles. The molecule has 14 heavy (non-hydrogen) atoms. The molecule has 0 amide bonds. The van der Waals surface area contributed by atoms with Crippen LogP contribution in [-0.4, -0.2) is 12.6 Å². The van der Waals surface area contributed by atoms with Gasteiger partial charge in [-0.15, -0.1) is 6.58 Å². The van der Waals surface area contributed by atoms with Crippen molar-refractivity contribution in [1.82, 2.24) is 0 Å². The minimum Gasteiger partial charge on any atom is -0.298 e. The van der Waals surface area contributed by atoms with Crippen LogP contribution in [0.2, 0.25) is 0 Å². The number of hydrogen-bond acceptors (Lipinski definition) is 3. The second-order valence-electron chi connectivity index (χ2n) is 2.69. The van der Waals surface area contributed by atoms with Gasteiger partial charge in [-0.1, -0.05) is 36.4 Å². The van der Waals surface area contributed by atoms with Crippen LogP contribution in [0.3, 0.4) is 0 Å². The van der Waals surface area contributed by atoms with Crippen LogP contribution in [0.1, 0.15) is 5.56 Å². The van der Waals surface area contributed by atoms with Gasteiger partial charge < -0.3 is 0 Å². The molecule has 0 heterocycles. The maximum Gasteiger partial charge on any atom is 0.346 e. The molecular weight excluding hydrogens is 180 g/mol. The Labute approximate surface area is 82.9 Å². The van der Waals surface area contributed by atoms with E-state index >= 15 is 0 Å². The fourth-order valence-corrected chi connectivity index (χ4v) is 0.940. The van der Waals surface area contributed by atoms with Crippen molar-refractivity contribution in [2.45, 2.75) is 6.42 Å². The van der Waals surface area contributed by atoms with Crippen LogP contribution >= 0.6 is 0 Å². The van der Waals surface area contributed by atoms with Gasteiger partial charge in [-0.25, -0.2) is 4.79 Å². The van der Waals surface area contributed by atoms with E-state index in [1.54, 1.807) is 0 Å². The lowest BCUT2D eigenvalue weighted by Crippen LogP contribution is -2.08. The van der Waals surface area contributed by atoms with Gasteiger partial charge >= 0.3 is 5.97 Å². The van der Waals surface area contributed by atoms with E-state index in [1.165, 1.54) is 6.08 Å². The lowest BCUT2D eigenvalue weighted by Gasteiger charge is -2.01. The lowest BCUT2D eigenvalue weighted by atomic mass is 10.2. The van der Waals surface area contributed by atoms with Crippen LogP contribution in [0.5, 0.6) is 0 Å². The van der Waals surface area contributed by atoms with Gasteiger partial charge in [-0.3, -0.25) is 4.89 Å². The highest BCUT2D eigenvalue weighted by atomic mass is 17.2. The molecule has 74 valence electrons. The zero-order valence-corrected chi connectivity index (χ0v) is 7.81. The van der Waals surface area contributed by atoms with Gasteiger partial charge in [0.2, 0.25) is 0 Å². The van der Waals surface area contributed by atoms with Crippen LogP contribution < -0.4 is 0 Å². The molecule has 0 fully saturated rings. The highest BCUT2D eigenvalue weighted by Gasteiger charge is 2.04. The van der Waals surface area contributed by atoms with E-state index in [9.17, 15) is 4.79 Å². The van der Waals surface area contributed by atoms with Gasteiger partial charge in [-0.05, 0) is 5.56 Å². The Hall–Kier alpha value is -1.61. The van der Waals surface area contributed by atoms with Gasteiger partial charge in [0.1, 0.15) is 6.61 Å². The summed E-state index contributed by atoms with van der Waals surface area (Å²) < 4.78 is 0. The maximum atomic E-state index is 11.1. The number of carbonyl (C=O) groups is 1. The molecule has 0 spiro atoms. The molecule has 3 heteroatoms. The number of carbonyl (C=O) groups excluding carboxylic acids is 1. The standard InChI is InChI=1S/C11H12O3/c1-2-8-13-14-11(12)9-10-6-4-3-5-7-10/h2-7H,1,8-9H2. The van der Waals surface area contributed by atoms with Crippen molar-refractivity contribution in [2.24, 2.45) is 0 Å². The fourth-order valence-electron chi connectivity index (χ4n) is 0.940. The van der Waals surface area contributed by atoms with Crippen molar-refractivity contribution in [1.29, 1.82) is 0 Å². The van der Waals surface area contributed by atoms with Crippen molar-refractivity contribution in [3.63, 3.8) is 0 Å². The highest BCUT2D eigenvalue weighted by molar-refractivity contribution is 5.71. The molecular formula is C11H12O3. The Kier molecular flexibility index (Phi) is 4.44. The molecule has 0 radical (unpaired) electrons. The largest absolute Gasteiger partial charge is 0.346 e. The third-order valence-corrected chi connectivity index (χ3v) is 1.53. The topological polar surface area (TPSA) is 35.5 Å². The summed E-state index contributed by atoms with van der Waals surface area (Å²) in [5, 5.41) is 0. The molecule has 0 aliphatic carbocycles. The zero-order valence-electron chi connectivity index (χ0n) is 7.81. The first-order valence-corrected chi connectivity index (χ1v) is 4.30. The van der Waals surface area contributed by atoms with Gasteiger partial charge in [0.15, 0.2) is 0 Å². The Morgan fingerprint density at radius 2 is 2.07 bits per heavy atom. The summed E-state index contributed by atoms with van der Waals surface area (Å²) in [6.45, 7) is 3.63. The van der Waals surface area contributed by atoms with E-state index in [0.29, 0.717) is 0 Å². The van der Waals surface area contributed by atoms with Crippen molar-refractivity contribution in [2.75, 3.05) is 6.61 Å². The quantitative estimate of drug-likeness (QED) is 0.309. The Balaban J connectivity index is 2.31. The van der Waals surface area contributed by atoms with Gasteiger partial charge in [0.25, 0.3) is 0 Å². The smallest absolute Gasteiger partial charge is 0.298 e. The fraction of sp³-hybridized carbons (Fsp3) is 0.182. The van der Waals surface area contributed by atoms with Gasteiger partial charge in [0, 0.05) is 0 Å². The first kappa shape index (κ1) is 10.5. The molecule has 0 unspecified atom stereocenters. The maximum absolute atomic E-state index is 11.1. The average molecular weight is 192 g/mol. The van der Waals surface area contributed by atoms with Crippen molar-refractivity contribution in [3.8, 4) is 0 Å². The number of rotatable bonds is 5. The predicted molar refractivity (Wildman–Crippen MR) is 52.4 cm³/mol.